The van der Waals surface area contributed by atoms with Crippen LogP contribution in [0.1, 0.15) is 19.8 Å². The highest BCUT2D eigenvalue weighted by atomic mass is 32.2. The number of likely N-dealkylation sites (tertiary alicyclic amines) is 1. The first-order valence-electron chi connectivity index (χ1n) is 7.40. The fourth-order valence-electron chi connectivity index (χ4n) is 2.49. The molecular weight excluding hydrogens is 302 g/mol. The van der Waals surface area contributed by atoms with E-state index in [4.69, 9.17) is 0 Å². The molecule has 2 rings (SSSR count). The van der Waals surface area contributed by atoms with E-state index in [1.807, 2.05) is 6.92 Å². The summed E-state index contributed by atoms with van der Waals surface area (Å²) in [5.74, 6) is -0.110. The van der Waals surface area contributed by atoms with Gasteiger partial charge < -0.3 is 5.32 Å². The van der Waals surface area contributed by atoms with Crippen LogP contribution in [0.5, 0.6) is 0 Å². The molecule has 1 aromatic rings. The molecule has 0 aliphatic carbocycles. The van der Waals surface area contributed by atoms with Gasteiger partial charge in [-0.1, -0.05) is 6.07 Å². The number of nitrogens with zero attached hydrogens (tertiary/aromatic N) is 2. The van der Waals surface area contributed by atoms with Crippen molar-refractivity contribution in [1.29, 1.82) is 0 Å². The topological polar surface area (TPSA) is 69.7 Å². The number of hydrogen-bond donors (Lipinski definition) is 1. The minimum atomic E-state index is -3.50. The molecule has 0 saturated carbocycles. The summed E-state index contributed by atoms with van der Waals surface area (Å²) in [7, 11) is -0.535. The first-order chi connectivity index (χ1) is 10.3. The lowest BCUT2D eigenvalue weighted by Crippen LogP contribution is -2.40. The van der Waals surface area contributed by atoms with Gasteiger partial charge in [0.15, 0.2) is 0 Å². The van der Waals surface area contributed by atoms with E-state index in [0.29, 0.717) is 5.69 Å². The van der Waals surface area contributed by atoms with Crippen LogP contribution in [-0.2, 0) is 14.8 Å². The van der Waals surface area contributed by atoms with Crippen molar-refractivity contribution in [2.75, 3.05) is 32.5 Å². The third-order valence-corrected chi connectivity index (χ3v) is 5.76. The summed E-state index contributed by atoms with van der Waals surface area (Å²) in [6.45, 7) is 3.74. The van der Waals surface area contributed by atoms with Crippen molar-refractivity contribution in [1.82, 2.24) is 9.21 Å². The van der Waals surface area contributed by atoms with Gasteiger partial charge in [-0.2, -0.15) is 0 Å². The highest BCUT2D eigenvalue weighted by Crippen LogP contribution is 2.19. The lowest BCUT2D eigenvalue weighted by molar-refractivity contribution is -0.120. The number of hydrogen-bond acceptors (Lipinski definition) is 4. The van der Waals surface area contributed by atoms with Crippen LogP contribution in [0.15, 0.2) is 29.2 Å². The molecule has 0 spiro atoms. The second-order valence-electron chi connectivity index (χ2n) is 5.72. The van der Waals surface area contributed by atoms with E-state index in [2.05, 4.69) is 10.2 Å². The number of benzene rings is 1. The van der Waals surface area contributed by atoms with Crippen LogP contribution in [0.25, 0.3) is 0 Å². The Kier molecular flexibility index (Phi) is 5.20. The number of carbonyl (C=O) groups excluding carboxylic acids is 1. The first-order valence-corrected chi connectivity index (χ1v) is 8.84. The van der Waals surface area contributed by atoms with Gasteiger partial charge in [0.1, 0.15) is 0 Å². The van der Waals surface area contributed by atoms with Crippen molar-refractivity contribution >= 4 is 21.6 Å². The maximum Gasteiger partial charge on any atom is 0.242 e. The van der Waals surface area contributed by atoms with Gasteiger partial charge in [0.25, 0.3) is 0 Å². The Labute approximate surface area is 132 Å². The standard InChI is InChI=1S/C15H23N3O3S/c1-12(18-9-4-5-10-18)15(19)16-13-7-6-8-14(11-13)22(20,21)17(2)3/h6-8,11-12H,4-5,9-10H2,1-3H3,(H,16,19)/t12-/m0/s1. The van der Waals surface area contributed by atoms with Crippen LogP contribution in [-0.4, -0.2) is 56.8 Å². The van der Waals surface area contributed by atoms with Gasteiger partial charge in [-0.05, 0) is 51.1 Å². The molecule has 0 unspecified atom stereocenters. The summed E-state index contributed by atoms with van der Waals surface area (Å²) in [4.78, 5) is 14.6. The second kappa shape index (κ2) is 6.76. The number of rotatable bonds is 5. The highest BCUT2D eigenvalue weighted by molar-refractivity contribution is 7.89. The molecule has 0 aromatic heterocycles. The Morgan fingerprint density at radius 1 is 1.27 bits per heavy atom. The summed E-state index contributed by atoms with van der Waals surface area (Å²) < 4.78 is 25.4. The average Bonchev–Trinajstić information content (AvgIpc) is 3.00. The number of carbonyl (C=O) groups is 1. The van der Waals surface area contributed by atoms with E-state index in [1.54, 1.807) is 12.1 Å². The van der Waals surface area contributed by atoms with Crippen LogP contribution in [0.3, 0.4) is 0 Å². The highest BCUT2D eigenvalue weighted by Gasteiger charge is 2.24. The van der Waals surface area contributed by atoms with Gasteiger partial charge in [-0.15, -0.1) is 0 Å². The van der Waals surface area contributed by atoms with Crippen molar-refractivity contribution in [2.24, 2.45) is 0 Å². The minimum Gasteiger partial charge on any atom is -0.325 e. The molecule has 1 N–H and O–H groups in total. The molecule has 1 saturated heterocycles. The maximum atomic E-state index is 12.3. The number of amides is 1. The fraction of sp³-hybridized carbons (Fsp3) is 0.533. The Bertz CT molecular complexity index is 637. The lowest BCUT2D eigenvalue weighted by Gasteiger charge is -2.22. The zero-order valence-electron chi connectivity index (χ0n) is 13.2. The van der Waals surface area contributed by atoms with Gasteiger partial charge in [-0.3, -0.25) is 9.69 Å². The molecule has 1 fully saturated rings. The summed E-state index contributed by atoms with van der Waals surface area (Å²) in [6.07, 6.45) is 2.24. The molecular formula is C15H23N3O3S. The van der Waals surface area contributed by atoms with Gasteiger partial charge >= 0.3 is 0 Å². The summed E-state index contributed by atoms with van der Waals surface area (Å²) in [5, 5.41) is 2.81. The quantitative estimate of drug-likeness (QED) is 0.887. The number of anilines is 1. The van der Waals surface area contributed by atoms with Crippen molar-refractivity contribution in [3.05, 3.63) is 24.3 Å². The van der Waals surface area contributed by atoms with Gasteiger partial charge in [-0.25, -0.2) is 12.7 Å². The normalized spacial score (nSPS) is 17.6. The van der Waals surface area contributed by atoms with Crippen molar-refractivity contribution in [2.45, 2.75) is 30.7 Å². The summed E-state index contributed by atoms with van der Waals surface area (Å²) in [6, 6.07) is 6.13. The van der Waals surface area contributed by atoms with Gasteiger partial charge in [0.05, 0.1) is 10.9 Å². The molecule has 1 aromatic carbocycles. The van der Waals surface area contributed by atoms with Crippen LogP contribution in [0, 0.1) is 0 Å². The molecule has 1 atom stereocenters. The third-order valence-electron chi connectivity index (χ3n) is 3.95. The van der Waals surface area contributed by atoms with Crippen LogP contribution in [0.4, 0.5) is 5.69 Å². The van der Waals surface area contributed by atoms with Gasteiger partial charge in [0, 0.05) is 19.8 Å². The molecule has 22 heavy (non-hydrogen) atoms. The molecule has 1 heterocycles. The maximum absolute atomic E-state index is 12.3. The molecule has 0 bridgehead atoms. The van der Waals surface area contributed by atoms with Crippen LogP contribution in [0.2, 0.25) is 0 Å². The first kappa shape index (κ1) is 16.9. The SMILES string of the molecule is C[C@@H](C(=O)Nc1cccc(S(=O)(=O)N(C)C)c1)N1CCCC1. The average molecular weight is 325 g/mol. The lowest BCUT2D eigenvalue weighted by atomic mass is 10.2. The second-order valence-corrected chi connectivity index (χ2v) is 7.88. The molecule has 1 amide bonds. The zero-order chi connectivity index (χ0) is 16.3. The number of sulfonamides is 1. The zero-order valence-corrected chi connectivity index (χ0v) is 14.1. The largest absolute Gasteiger partial charge is 0.325 e. The monoisotopic (exact) mass is 325 g/mol. The van der Waals surface area contributed by atoms with E-state index in [1.165, 1.54) is 26.2 Å². The van der Waals surface area contributed by atoms with Crippen LogP contribution < -0.4 is 5.32 Å². The Balaban J connectivity index is 2.12. The van der Waals surface area contributed by atoms with Crippen molar-refractivity contribution in [3.63, 3.8) is 0 Å². The van der Waals surface area contributed by atoms with E-state index in [-0.39, 0.29) is 16.8 Å². The van der Waals surface area contributed by atoms with E-state index >= 15 is 0 Å². The predicted octanol–water partition coefficient (Wildman–Crippen LogP) is 1.36. The minimum absolute atomic E-state index is 0.110. The molecule has 7 heteroatoms. The Morgan fingerprint density at radius 3 is 2.50 bits per heavy atom. The van der Waals surface area contributed by atoms with E-state index in [9.17, 15) is 13.2 Å². The third kappa shape index (κ3) is 3.66. The van der Waals surface area contributed by atoms with Crippen molar-refractivity contribution in [3.8, 4) is 0 Å². The molecule has 1 aliphatic rings. The van der Waals surface area contributed by atoms with E-state index < -0.39 is 10.0 Å². The smallest absolute Gasteiger partial charge is 0.242 e. The molecule has 6 nitrogen and oxygen atoms in total. The molecule has 0 radical (unpaired) electrons. The predicted molar refractivity (Wildman–Crippen MR) is 86.2 cm³/mol. The Morgan fingerprint density at radius 2 is 1.91 bits per heavy atom. The van der Waals surface area contributed by atoms with Gasteiger partial charge in [0.2, 0.25) is 15.9 Å². The number of nitrogens with one attached hydrogen (secondary N) is 1. The van der Waals surface area contributed by atoms with Crippen molar-refractivity contribution < 1.29 is 13.2 Å². The Hall–Kier alpha value is -1.44. The fourth-order valence-corrected chi connectivity index (χ4v) is 3.43. The van der Waals surface area contributed by atoms with E-state index in [0.717, 1.165) is 30.2 Å². The summed E-state index contributed by atoms with van der Waals surface area (Å²) >= 11 is 0. The molecule has 1 aliphatic heterocycles. The van der Waals surface area contributed by atoms with Crippen LogP contribution >= 0.6 is 0 Å². The summed E-state index contributed by atoms with van der Waals surface area (Å²) in [5.41, 5.74) is 0.499. The molecule has 122 valence electrons.